The van der Waals surface area contributed by atoms with Crippen molar-refractivity contribution < 1.29 is 18.0 Å². The molecule has 0 aromatic carbocycles. The molecule has 2 N–H and O–H groups in total. The molecule has 1 aliphatic carbocycles. The summed E-state index contributed by atoms with van der Waals surface area (Å²) in [4.78, 5) is 12.1. The van der Waals surface area contributed by atoms with Crippen molar-refractivity contribution in [1.82, 2.24) is 10.6 Å². The lowest BCUT2D eigenvalue weighted by atomic mass is 9.85. The number of hydrogen-bond acceptors (Lipinski definition) is 3. The lowest BCUT2D eigenvalue weighted by Gasteiger charge is -2.30. The lowest BCUT2D eigenvalue weighted by Crippen LogP contribution is -2.54. The lowest BCUT2D eigenvalue weighted by molar-refractivity contribution is -0.216. The first-order valence-corrected chi connectivity index (χ1v) is 7.79. The average Bonchev–Trinajstić information content (AvgIpc) is 2.96. The SMILES string of the molecule is CSC1CCC(NC(=O)C2(C(F)(F)F)CCNC2)C1. The van der Waals surface area contributed by atoms with E-state index in [9.17, 15) is 18.0 Å². The Hall–Kier alpha value is -0.430. The van der Waals surface area contributed by atoms with Gasteiger partial charge < -0.3 is 10.6 Å². The number of rotatable bonds is 3. The van der Waals surface area contributed by atoms with Gasteiger partial charge in [0.25, 0.3) is 0 Å². The first-order chi connectivity index (χ1) is 8.89. The minimum Gasteiger partial charge on any atom is -0.353 e. The third kappa shape index (κ3) is 2.86. The molecule has 2 rings (SSSR count). The fourth-order valence-corrected chi connectivity index (χ4v) is 3.66. The summed E-state index contributed by atoms with van der Waals surface area (Å²) in [6, 6.07) is -0.107. The van der Waals surface area contributed by atoms with Gasteiger partial charge in [-0.2, -0.15) is 24.9 Å². The number of hydrogen-bond donors (Lipinski definition) is 2. The molecule has 19 heavy (non-hydrogen) atoms. The molecule has 3 unspecified atom stereocenters. The van der Waals surface area contributed by atoms with E-state index in [1.165, 1.54) is 0 Å². The fourth-order valence-electron chi connectivity index (χ4n) is 2.87. The predicted molar refractivity (Wildman–Crippen MR) is 69.1 cm³/mol. The first kappa shape index (κ1) is 15.0. The van der Waals surface area contributed by atoms with Crippen LogP contribution < -0.4 is 10.6 Å². The van der Waals surface area contributed by atoms with Crippen molar-refractivity contribution in [2.75, 3.05) is 19.3 Å². The average molecular weight is 296 g/mol. The monoisotopic (exact) mass is 296 g/mol. The number of carbonyl (C=O) groups is 1. The van der Waals surface area contributed by atoms with Gasteiger partial charge in [-0.05, 0) is 38.5 Å². The van der Waals surface area contributed by atoms with Crippen LogP contribution in [-0.4, -0.2) is 42.7 Å². The van der Waals surface area contributed by atoms with E-state index in [4.69, 9.17) is 0 Å². The second-order valence-electron chi connectivity index (χ2n) is 5.35. The zero-order valence-electron chi connectivity index (χ0n) is 10.8. The van der Waals surface area contributed by atoms with Crippen molar-refractivity contribution in [3.8, 4) is 0 Å². The van der Waals surface area contributed by atoms with Gasteiger partial charge in [-0.25, -0.2) is 0 Å². The smallest absolute Gasteiger partial charge is 0.353 e. The van der Waals surface area contributed by atoms with Crippen LogP contribution in [0, 0.1) is 5.41 Å². The molecule has 1 saturated carbocycles. The van der Waals surface area contributed by atoms with E-state index in [0.717, 1.165) is 19.3 Å². The van der Waals surface area contributed by atoms with E-state index in [-0.39, 0.29) is 25.6 Å². The van der Waals surface area contributed by atoms with E-state index in [1.807, 2.05) is 6.26 Å². The number of halogens is 3. The maximum atomic E-state index is 13.2. The third-order valence-corrected chi connectivity index (χ3v) is 5.28. The molecule has 3 nitrogen and oxygen atoms in total. The van der Waals surface area contributed by atoms with Crippen molar-refractivity contribution in [3.05, 3.63) is 0 Å². The molecule has 7 heteroatoms. The highest BCUT2D eigenvalue weighted by atomic mass is 32.2. The summed E-state index contributed by atoms with van der Waals surface area (Å²) in [6.45, 7) is -0.0634. The quantitative estimate of drug-likeness (QED) is 0.836. The van der Waals surface area contributed by atoms with Gasteiger partial charge >= 0.3 is 6.18 Å². The van der Waals surface area contributed by atoms with Gasteiger partial charge in [0.15, 0.2) is 5.41 Å². The Morgan fingerprint density at radius 3 is 2.63 bits per heavy atom. The molecule has 0 aromatic rings. The highest BCUT2D eigenvalue weighted by Crippen LogP contribution is 2.43. The van der Waals surface area contributed by atoms with Gasteiger partial charge in [0, 0.05) is 17.8 Å². The highest BCUT2D eigenvalue weighted by molar-refractivity contribution is 7.99. The highest BCUT2D eigenvalue weighted by Gasteiger charge is 2.61. The normalized spacial score (nSPS) is 35.6. The maximum absolute atomic E-state index is 13.2. The van der Waals surface area contributed by atoms with E-state index in [1.54, 1.807) is 11.8 Å². The van der Waals surface area contributed by atoms with Crippen LogP contribution in [-0.2, 0) is 4.79 Å². The molecule has 2 fully saturated rings. The van der Waals surface area contributed by atoms with Crippen LogP contribution in [0.2, 0.25) is 0 Å². The number of alkyl halides is 3. The predicted octanol–water partition coefficient (Wildman–Crippen LogP) is 1.93. The molecule has 0 spiro atoms. The van der Waals surface area contributed by atoms with Gasteiger partial charge in [-0.3, -0.25) is 4.79 Å². The molecule has 1 aliphatic heterocycles. The van der Waals surface area contributed by atoms with E-state index in [0.29, 0.717) is 5.25 Å². The van der Waals surface area contributed by atoms with Gasteiger partial charge in [-0.15, -0.1) is 0 Å². The minimum absolute atomic E-state index is 0.107. The van der Waals surface area contributed by atoms with Crippen LogP contribution in [0.15, 0.2) is 0 Å². The topological polar surface area (TPSA) is 41.1 Å². The van der Waals surface area contributed by atoms with Crippen molar-refractivity contribution in [1.29, 1.82) is 0 Å². The summed E-state index contributed by atoms with van der Waals surface area (Å²) in [7, 11) is 0. The fraction of sp³-hybridized carbons (Fsp3) is 0.917. The second kappa shape index (κ2) is 5.52. The van der Waals surface area contributed by atoms with Crippen LogP contribution in [0.3, 0.4) is 0 Å². The summed E-state index contributed by atoms with van der Waals surface area (Å²) < 4.78 is 39.5. The number of nitrogens with one attached hydrogen (secondary N) is 2. The van der Waals surface area contributed by atoms with Crippen LogP contribution in [0.5, 0.6) is 0 Å². The van der Waals surface area contributed by atoms with Crippen molar-refractivity contribution in [2.45, 2.75) is 43.2 Å². The second-order valence-corrected chi connectivity index (χ2v) is 6.49. The molecule has 0 bridgehead atoms. The van der Waals surface area contributed by atoms with Crippen molar-refractivity contribution >= 4 is 17.7 Å². The zero-order chi connectivity index (χ0) is 14.1. The molecule has 110 valence electrons. The van der Waals surface area contributed by atoms with Crippen LogP contribution in [0.25, 0.3) is 0 Å². The van der Waals surface area contributed by atoms with Gasteiger partial charge in [-0.1, -0.05) is 0 Å². The van der Waals surface area contributed by atoms with Crippen molar-refractivity contribution in [3.63, 3.8) is 0 Å². The molecular formula is C12H19F3N2OS. The van der Waals surface area contributed by atoms with E-state index < -0.39 is 17.5 Å². The Morgan fingerprint density at radius 1 is 1.42 bits per heavy atom. The molecule has 0 aromatic heterocycles. The molecule has 0 radical (unpaired) electrons. The van der Waals surface area contributed by atoms with Crippen LogP contribution in [0.1, 0.15) is 25.7 Å². The van der Waals surface area contributed by atoms with E-state index >= 15 is 0 Å². The Bertz CT molecular complexity index is 342. The Balaban J connectivity index is 2.02. The zero-order valence-corrected chi connectivity index (χ0v) is 11.7. The third-order valence-electron chi connectivity index (χ3n) is 4.19. The molecule has 3 atom stereocenters. The summed E-state index contributed by atoms with van der Waals surface area (Å²) in [5, 5.41) is 5.73. The number of carbonyl (C=O) groups excluding carboxylic acids is 1. The molecule has 2 aliphatic rings. The first-order valence-electron chi connectivity index (χ1n) is 6.50. The Labute approximate surface area is 115 Å². The Morgan fingerprint density at radius 2 is 2.16 bits per heavy atom. The number of amides is 1. The largest absolute Gasteiger partial charge is 0.404 e. The van der Waals surface area contributed by atoms with Gasteiger partial charge in [0.1, 0.15) is 0 Å². The standard InChI is InChI=1S/C12H19F3N2OS/c1-19-9-3-2-8(6-9)17-10(18)11(12(13,14)15)4-5-16-7-11/h8-9,16H,2-7H2,1H3,(H,17,18). The summed E-state index contributed by atoms with van der Waals surface area (Å²) in [5.41, 5.74) is -2.23. The van der Waals surface area contributed by atoms with Crippen LogP contribution in [0.4, 0.5) is 13.2 Å². The van der Waals surface area contributed by atoms with Crippen molar-refractivity contribution in [2.24, 2.45) is 5.41 Å². The molecule has 1 saturated heterocycles. The summed E-state index contributed by atoms with van der Waals surface area (Å²) >= 11 is 1.71. The molecular weight excluding hydrogens is 277 g/mol. The summed E-state index contributed by atoms with van der Waals surface area (Å²) in [5.74, 6) is -0.850. The van der Waals surface area contributed by atoms with Crippen LogP contribution >= 0.6 is 11.8 Å². The molecule has 1 amide bonds. The minimum atomic E-state index is -4.49. The van der Waals surface area contributed by atoms with Gasteiger partial charge in [0.05, 0.1) is 0 Å². The number of thioether (sulfide) groups is 1. The summed E-state index contributed by atoms with van der Waals surface area (Å²) in [6.07, 6.45) is -0.150. The van der Waals surface area contributed by atoms with Gasteiger partial charge in [0.2, 0.25) is 5.91 Å². The molecule has 1 heterocycles. The Kier molecular flexibility index (Phi) is 4.35. The van der Waals surface area contributed by atoms with E-state index in [2.05, 4.69) is 10.6 Å². The maximum Gasteiger partial charge on any atom is 0.404 e.